The van der Waals surface area contributed by atoms with Crippen LogP contribution in [-0.2, 0) is 6.54 Å². The van der Waals surface area contributed by atoms with Gasteiger partial charge in [-0.15, -0.1) is 11.3 Å². The molecule has 2 aromatic rings. The first-order valence-corrected chi connectivity index (χ1v) is 7.85. The molecule has 2 nitrogen and oxygen atoms in total. The zero-order valence-corrected chi connectivity index (χ0v) is 14.2. The van der Waals surface area contributed by atoms with Crippen LogP contribution >= 0.6 is 27.3 Å². The van der Waals surface area contributed by atoms with E-state index >= 15 is 0 Å². The van der Waals surface area contributed by atoms with E-state index in [4.69, 9.17) is 0 Å². The quantitative estimate of drug-likeness (QED) is 0.860. The van der Waals surface area contributed by atoms with Gasteiger partial charge in [-0.1, -0.05) is 0 Å². The highest BCUT2D eigenvalue weighted by Crippen LogP contribution is 2.28. The topological polar surface area (TPSA) is 15.3 Å². The number of hydrogen-bond donors (Lipinski definition) is 1. The average molecular weight is 339 g/mol. The molecule has 0 spiro atoms. The van der Waals surface area contributed by atoms with Crippen LogP contribution in [0.1, 0.15) is 15.3 Å². The summed E-state index contributed by atoms with van der Waals surface area (Å²) in [7, 11) is 4.13. The molecule has 1 N–H and O–H groups in total. The van der Waals surface area contributed by atoms with Crippen LogP contribution in [0.15, 0.2) is 28.7 Å². The first kappa shape index (κ1) is 14.4. The van der Waals surface area contributed by atoms with E-state index in [1.54, 1.807) is 0 Å². The van der Waals surface area contributed by atoms with Crippen LogP contribution in [0, 0.1) is 13.8 Å². The molecular formula is C15H19BrN2S. The van der Waals surface area contributed by atoms with Gasteiger partial charge in [0.15, 0.2) is 0 Å². The van der Waals surface area contributed by atoms with Gasteiger partial charge in [-0.3, -0.25) is 0 Å². The summed E-state index contributed by atoms with van der Waals surface area (Å²) in [4.78, 5) is 4.80. The summed E-state index contributed by atoms with van der Waals surface area (Å²) >= 11 is 5.39. The second-order valence-electron chi connectivity index (χ2n) is 4.86. The highest BCUT2D eigenvalue weighted by atomic mass is 79.9. The van der Waals surface area contributed by atoms with E-state index in [1.807, 2.05) is 11.3 Å². The molecule has 0 radical (unpaired) electrons. The average Bonchev–Trinajstić information content (AvgIpc) is 2.67. The lowest BCUT2D eigenvalue weighted by molar-refractivity contribution is 1.12. The number of hydrogen-bond acceptors (Lipinski definition) is 3. The summed E-state index contributed by atoms with van der Waals surface area (Å²) in [6.07, 6.45) is 0. The summed E-state index contributed by atoms with van der Waals surface area (Å²) in [6.45, 7) is 5.15. The predicted molar refractivity (Wildman–Crippen MR) is 89.6 cm³/mol. The molecule has 0 bridgehead atoms. The maximum Gasteiger partial charge on any atom is 0.0494 e. The van der Waals surface area contributed by atoms with Crippen molar-refractivity contribution in [2.24, 2.45) is 0 Å². The van der Waals surface area contributed by atoms with Crippen molar-refractivity contribution in [3.63, 3.8) is 0 Å². The normalized spacial score (nSPS) is 10.6. The second kappa shape index (κ2) is 5.97. The summed E-state index contributed by atoms with van der Waals surface area (Å²) in [5.41, 5.74) is 3.71. The summed E-state index contributed by atoms with van der Waals surface area (Å²) < 4.78 is 1.20. The van der Waals surface area contributed by atoms with E-state index in [9.17, 15) is 0 Å². The van der Waals surface area contributed by atoms with Crippen molar-refractivity contribution >= 4 is 38.6 Å². The summed E-state index contributed by atoms with van der Waals surface area (Å²) in [5, 5.41) is 3.51. The molecule has 4 heteroatoms. The molecule has 0 aliphatic rings. The van der Waals surface area contributed by atoms with Crippen LogP contribution in [0.3, 0.4) is 0 Å². The smallest absolute Gasteiger partial charge is 0.0494 e. The Morgan fingerprint density at radius 1 is 1.21 bits per heavy atom. The van der Waals surface area contributed by atoms with Crippen LogP contribution in [0.5, 0.6) is 0 Å². The van der Waals surface area contributed by atoms with Gasteiger partial charge in [0.05, 0.1) is 0 Å². The predicted octanol–water partition coefficient (Wildman–Crippen LogP) is 4.81. The van der Waals surface area contributed by atoms with Gasteiger partial charge in [0, 0.05) is 46.2 Å². The molecule has 0 aliphatic heterocycles. The SMILES string of the molecule is Cc1cc(N(C)C)ccc1NCc1cc(Br)c(C)s1. The van der Waals surface area contributed by atoms with E-state index in [2.05, 4.69) is 78.4 Å². The fourth-order valence-electron chi connectivity index (χ4n) is 1.91. The van der Waals surface area contributed by atoms with E-state index < -0.39 is 0 Å². The van der Waals surface area contributed by atoms with E-state index in [0.29, 0.717) is 0 Å². The Hall–Kier alpha value is -1.000. The van der Waals surface area contributed by atoms with E-state index in [1.165, 1.54) is 31.2 Å². The third kappa shape index (κ3) is 3.51. The molecule has 102 valence electrons. The molecule has 0 fully saturated rings. The van der Waals surface area contributed by atoms with Gasteiger partial charge in [0.1, 0.15) is 0 Å². The molecule has 1 aromatic heterocycles. The standard InChI is InChI=1S/C15H19BrN2S/c1-10-7-12(18(3)4)5-6-15(10)17-9-13-8-14(16)11(2)19-13/h5-8,17H,9H2,1-4H3. The first-order chi connectivity index (χ1) is 8.97. The number of nitrogens with one attached hydrogen (secondary N) is 1. The minimum Gasteiger partial charge on any atom is -0.380 e. The number of benzene rings is 1. The Kier molecular flexibility index (Phi) is 4.53. The Morgan fingerprint density at radius 2 is 1.95 bits per heavy atom. The summed E-state index contributed by atoms with van der Waals surface area (Å²) in [6, 6.07) is 8.69. The summed E-state index contributed by atoms with van der Waals surface area (Å²) in [5.74, 6) is 0. The number of aryl methyl sites for hydroxylation is 2. The van der Waals surface area contributed by atoms with Crippen molar-refractivity contribution in [2.75, 3.05) is 24.3 Å². The third-order valence-electron chi connectivity index (χ3n) is 3.09. The lowest BCUT2D eigenvalue weighted by Gasteiger charge is -2.15. The third-order valence-corrected chi connectivity index (χ3v) is 5.22. The largest absolute Gasteiger partial charge is 0.380 e. The van der Waals surface area contributed by atoms with Crippen molar-refractivity contribution in [1.29, 1.82) is 0 Å². The van der Waals surface area contributed by atoms with Gasteiger partial charge in [-0.2, -0.15) is 0 Å². The van der Waals surface area contributed by atoms with Crippen LogP contribution in [0.4, 0.5) is 11.4 Å². The monoisotopic (exact) mass is 338 g/mol. The maximum absolute atomic E-state index is 3.56. The molecule has 2 rings (SSSR count). The van der Waals surface area contributed by atoms with Crippen molar-refractivity contribution < 1.29 is 0 Å². The number of nitrogens with zero attached hydrogens (tertiary/aromatic N) is 1. The van der Waals surface area contributed by atoms with Crippen molar-refractivity contribution in [3.05, 3.63) is 44.1 Å². The zero-order valence-electron chi connectivity index (χ0n) is 11.7. The molecule has 0 saturated carbocycles. The maximum atomic E-state index is 3.56. The van der Waals surface area contributed by atoms with Gasteiger partial charge < -0.3 is 10.2 Å². The van der Waals surface area contributed by atoms with Crippen LogP contribution in [-0.4, -0.2) is 14.1 Å². The van der Waals surface area contributed by atoms with Gasteiger partial charge in [0.25, 0.3) is 0 Å². The van der Waals surface area contributed by atoms with Crippen molar-refractivity contribution in [2.45, 2.75) is 20.4 Å². The number of rotatable bonds is 4. The van der Waals surface area contributed by atoms with Crippen molar-refractivity contribution in [1.82, 2.24) is 0 Å². The van der Waals surface area contributed by atoms with Gasteiger partial charge in [0.2, 0.25) is 0 Å². The molecule has 0 aliphatic carbocycles. The lowest BCUT2D eigenvalue weighted by atomic mass is 10.1. The molecule has 1 aromatic carbocycles. The molecule has 0 saturated heterocycles. The first-order valence-electron chi connectivity index (χ1n) is 6.24. The zero-order chi connectivity index (χ0) is 14.0. The Morgan fingerprint density at radius 3 is 2.47 bits per heavy atom. The van der Waals surface area contributed by atoms with Gasteiger partial charge in [-0.05, 0) is 59.6 Å². The van der Waals surface area contributed by atoms with Gasteiger partial charge in [-0.25, -0.2) is 0 Å². The Labute approximate surface area is 127 Å². The Balaban J connectivity index is 2.07. The highest BCUT2D eigenvalue weighted by Gasteiger charge is 2.05. The molecule has 19 heavy (non-hydrogen) atoms. The second-order valence-corrected chi connectivity index (χ2v) is 7.06. The lowest BCUT2D eigenvalue weighted by Crippen LogP contribution is -2.09. The van der Waals surface area contributed by atoms with E-state index in [0.717, 1.165) is 6.54 Å². The number of anilines is 2. The highest BCUT2D eigenvalue weighted by molar-refractivity contribution is 9.10. The molecule has 0 amide bonds. The van der Waals surface area contributed by atoms with Gasteiger partial charge >= 0.3 is 0 Å². The minimum atomic E-state index is 0.874. The number of thiophene rings is 1. The number of halogens is 1. The van der Waals surface area contributed by atoms with E-state index in [-0.39, 0.29) is 0 Å². The molecule has 1 heterocycles. The van der Waals surface area contributed by atoms with Crippen LogP contribution in [0.25, 0.3) is 0 Å². The van der Waals surface area contributed by atoms with Crippen molar-refractivity contribution in [3.8, 4) is 0 Å². The molecule has 0 atom stereocenters. The van der Waals surface area contributed by atoms with Crippen LogP contribution < -0.4 is 10.2 Å². The fraction of sp³-hybridized carbons (Fsp3) is 0.333. The fourth-order valence-corrected chi connectivity index (χ4v) is 3.45. The van der Waals surface area contributed by atoms with Crippen LogP contribution in [0.2, 0.25) is 0 Å². The minimum absolute atomic E-state index is 0.874. The molecule has 0 unspecified atom stereocenters. The molecular weight excluding hydrogens is 320 g/mol. The Bertz CT molecular complexity index is 556.